The molecule has 152 valence electrons. The minimum absolute atomic E-state index is 0.155. The van der Waals surface area contributed by atoms with E-state index in [4.69, 9.17) is 0 Å². The molecular formula is C24H29N3O2. The van der Waals surface area contributed by atoms with Gasteiger partial charge in [-0.1, -0.05) is 60.2 Å². The number of urea groups is 1. The van der Waals surface area contributed by atoms with Gasteiger partial charge in [-0.2, -0.15) is 0 Å². The van der Waals surface area contributed by atoms with Crippen LogP contribution in [0.2, 0.25) is 0 Å². The average molecular weight is 392 g/mol. The molecule has 1 aliphatic rings. The summed E-state index contributed by atoms with van der Waals surface area (Å²) in [5, 5.41) is 5.99. The number of rotatable bonds is 4. The zero-order chi connectivity index (χ0) is 21.2. The van der Waals surface area contributed by atoms with E-state index in [0.29, 0.717) is 13.1 Å². The smallest absolute Gasteiger partial charge is 0.319 e. The van der Waals surface area contributed by atoms with Gasteiger partial charge >= 0.3 is 6.03 Å². The maximum Gasteiger partial charge on any atom is 0.319 e. The molecule has 0 aromatic heterocycles. The van der Waals surface area contributed by atoms with Gasteiger partial charge in [-0.25, -0.2) is 4.79 Å². The van der Waals surface area contributed by atoms with E-state index in [0.717, 1.165) is 27.8 Å². The Morgan fingerprint density at radius 2 is 1.90 bits per heavy atom. The molecule has 3 rings (SSSR count). The fourth-order valence-corrected chi connectivity index (χ4v) is 3.55. The van der Waals surface area contributed by atoms with Crippen LogP contribution >= 0.6 is 0 Å². The quantitative estimate of drug-likeness (QED) is 0.823. The lowest BCUT2D eigenvalue weighted by Gasteiger charge is -2.38. The minimum atomic E-state index is -0.637. The molecule has 2 N–H and O–H groups in total. The molecule has 1 fully saturated rings. The fraction of sp³-hybridized carbons (Fsp3) is 0.333. The second kappa shape index (κ2) is 8.11. The van der Waals surface area contributed by atoms with Crippen LogP contribution in [0.15, 0.2) is 55.1 Å². The first-order valence-corrected chi connectivity index (χ1v) is 9.88. The van der Waals surface area contributed by atoms with Crippen LogP contribution in [-0.4, -0.2) is 29.9 Å². The molecule has 29 heavy (non-hydrogen) atoms. The van der Waals surface area contributed by atoms with Gasteiger partial charge in [0.15, 0.2) is 0 Å². The number of carbonyl (C=O) groups excluding carboxylic acids is 2. The standard InChI is InChI=1S/C24H29N3O2/c1-16(2)19-7-6-8-20(15-19)24(4,5)26-23(29)27-14-13-25-22(28)21(27)18-11-9-17(3)10-12-18/h6-12,15,21H,1,13-14H2,2-5H3,(H,25,28)(H,26,29). The van der Waals surface area contributed by atoms with E-state index in [1.54, 1.807) is 4.90 Å². The maximum absolute atomic E-state index is 13.2. The summed E-state index contributed by atoms with van der Waals surface area (Å²) in [6.07, 6.45) is 0. The van der Waals surface area contributed by atoms with Gasteiger partial charge in [-0.15, -0.1) is 0 Å². The molecular weight excluding hydrogens is 362 g/mol. The van der Waals surface area contributed by atoms with E-state index in [-0.39, 0.29) is 11.9 Å². The lowest BCUT2D eigenvalue weighted by Crippen LogP contribution is -2.57. The zero-order valence-electron chi connectivity index (χ0n) is 17.6. The number of allylic oxidation sites excluding steroid dienone is 1. The van der Waals surface area contributed by atoms with E-state index in [1.807, 2.05) is 76.2 Å². The molecule has 1 heterocycles. The highest BCUT2D eigenvalue weighted by atomic mass is 16.2. The number of benzene rings is 2. The molecule has 2 aromatic carbocycles. The Labute approximate surface area is 172 Å². The summed E-state index contributed by atoms with van der Waals surface area (Å²) in [7, 11) is 0. The highest BCUT2D eigenvalue weighted by molar-refractivity contribution is 5.89. The monoisotopic (exact) mass is 391 g/mol. The number of amides is 3. The fourth-order valence-electron chi connectivity index (χ4n) is 3.55. The van der Waals surface area contributed by atoms with Crippen molar-refractivity contribution in [1.29, 1.82) is 0 Å². The maximum atomic E-state index is 13.2. The number of piperazine rings is 1. The topological polar surface area (TPSA) is 61.4 Å². The van der Waals surface area contributed by atoms with Crippen molar-refractivity contribution in [1.82, 2.24) is 15.5 Å². The first kappa shape index (κ1) is 20.6. The van der Waals surface area contributed by atoms with Crippen molar-refractivity contribution in [2.75, 3.05) is 13.1 Å². The van der Waals surface area contributed by atoms with Gasteiger partial charge in [0.2, 0.25) is 5.91 Å². The molecule has 1 aliphatic heterocycles. The summed E-state index contributed by atoms with van der Waals surface area (Å²) in [5.41, 5.74) is 4.32. The largest absolute Gasteiger partial charge is 0.352 e. The number of carbonyl (C=O) groups is 2. The highest BCUT2D eigenvalue weighted by Crippen LogP contribution is 2.27. The average Bonchev–Trinajstić information content (AvgIpc) is 2.68. The Balaban J connectivity index is 1.85. The molecule has 0 aliphatic carbocycles. The molecule has 1 saturated heterocycles. The molecule has 0 bridgehead atoms. The summed E-state index contributed by atoms with van der Waals surface area (Å²) in [4.78, 5) is 27.4. The molecule has 1 unspecified atom stereocenters. The number of hydrogen-bond donors (Lipinski definition) is 2. The lowest BCUT2D eigenvalue weighted by molar-refractivity contribution is -0.127. The Bertz CT molecular complexity index is 931. The molecule has 0 spiro atoms. The van der Waals surface area contributed by atoms with Gasteiger partial charge in [-0.05, 0) is 50.5 Å². The lowest BCUT2D eigenvalue weighted by atomic mass is 9.91. The highest BCUT2D eigenvalue weighted by Gasteiger charge is 2.36. The first-order valence-electron chi connectivity index (χ1n) is 9.88. The van der Waals surface area contributed by atoms with Gasteiger partial charge in [0, 0.05) is 13.1 Å². The van der Waals surface area contributed by atoms with Crippen LogP contribution in [0.1, 0.15) is 49.1 Å². The second-order valence-electron chi connectivity index (χ2n) is 8.21. The van der Waals surface area contributed by atoms with Crippen LogP contribution in [0.3, 0.4) is 0 Å². The number of nitrogens with one attached hydrogen (secondary N) is 2. The van der Waals surface area contributed by atoms with Gasteiger partial charge in [-0.3, -0.25) is 4.79 Å². The second-order valence-corrected chi connectivity index (χ2v) is 8.21. The first-order chi connectivity index (χ1) is 13.7. The normalized spacial score (nSPS) is 16.9. The third-order valence-corrected chi connectivity index (χ3v) is 5.36. The van der Waals surface area contributed by atoms with Crippen molar-refractivity contribution < 1.29 is 9.59 Å². The summed E-state index contributed by atoms with van der Waals surface area (Å²) < 4.78 is 0. The van der Waals surface area contributed by atoms with Crippen molar-refractivity contribution in [3.8, 4) is 0 Å². The van der Waals surface area contributed by atoms with Crippen molar-refractivity contribution in [3.63, 3.8) is 0 Å². The zero-order valence-corrected chi connectivity index (χ0v) is 17.6. The molecule has 5 heteroatoms. The van der Waals surface area contributed by atoms with E-state index in [9.17, 15) is 9.59 Å². The van der Waals surface area contributed by atoms with Crippen molar-refractivity contribution >= 4 is 17.5 Å². The Morgan fingerprint density at radius 1 is 1.21 bits per heavy atom. The summed E-state index contributed by atoms with van der Waals surface area (Å²) >= 11 is 0. The van der Waals surface area contributed by atoms with Gasteiger partial charge in [0.1, 0.15) is 6.04 Å². The van der Waals surface area contributed by atoms with Crippen LogP contribution in [0.25, 0.3) is 5.57 Å². The molecule has 3 amide bonds. The summed E-state index contributed by atoms with van der Waals surface area (Å²) in [5.74, 6) is -0.155. The Kier molecular flexibility index (Phi) is 5.78. The van der Waals surface area contributed by atoms with Crippen LogP contribution in [0, 0.1) is 6.92 Å². The number of nitrogens with zero attached hydrogens (tertiary/aromatic N) is 1. The third kappa shape index (κ3) is 4.50. The van der Waals surface area contributed by atoms with E-state index in [2.05, 4.69) is 17.2 Å². The van der Waals surface area contributed by atoms with E-state index < -0.39 is 11.6 Å². The molecule has 0 radical (unpaired) electrons. The van der Waals surface area contributed by atoms with Crippen LogP contribution in [0.5, 0.6) is 0 Å². The number of aryl methyl sites for hydroxylation is 1. The molecule has 0 saturated carbocycles. The van der Waals surface area contributed by atoms with Crippen molar-refractivity contribution in [3.05, 3.63) is 77.4 Å². The molecule has 1 atom stereocenters. The van der Waals surface area contributed by atoms with E-state index in [1.165, 1.54) is 0 Å². The summed E-state index contributed by atoms with van der Waals surface area (Å²) in [6.45, 7) is 12.8. The van der Waals surface area contributed by atoms with Crippen molar-refractivity contribution in [2.45, 2.75) is 39.3 Å². The SMILES string of the molecule is C=C(C)c1cccc(C(C)(C)NC(=O)N2CCNC(=O)C2c2ccc(C)cc2)c1. The predicted molar refractivity (Wildman–Crippen MR) is 116 cm³/mol. The minimum Gasteiger partial charge on any atom is -0.352 e. The number of hydrogen-bond acceptors (Lipinski definition) is 2. The summed E-state index contributed by atoms with van der Waals surface area (Å²) in [6, 6.07) is 14.9. The Morgan fingerprint density at radius 3 is 2.55 bits per heavy atom. The van der Waals surface area contributed by atoms with Crippen LogP contribution < -0.4 is 10.6 Å². The van der Waals surface area contributed by atoms with Gasteiger partial charge in [0.05, 0.1) is 5.54 Å². The van der Waals surface area contributed by atoms with E-state index >= 15 is 0 Å². The van der Waals surface area contributed by atoms with Gasteiger partial charge < -0.3 is 15.5 Å². The predicted octanol–water partition coefficient (Wildman–Crippen LogP) is 4.15. The molecule has 5 nitrogen and oxygen atoms in total. The van der Waals surface area contributed by atoms with Crippen LogP contribution in [0.4, 0.5) is 4.79 Å². The third-order valence-electron chi connectivity index (χ3n) is 5.36. The van der Waals surface area contributed by atoms with Gasteiger partial charge in [0.25, 0.3) is 0 Å². The molecule has 2 aromatic rings. The van der Waals surface area contributed by atoms with Crippen LogP contribution in [-0.2, 0) is 10.3 Å². The van der Waals surface area contributed by atoms with Crippen molar-refractivity contribution in [2.24, 2.45) is 0 Å². The Hall–Kier alpha value is -3.08.